The van der Waals surface area contributed by atoms with E-state index in [0.29, 0.717) is 24.2 Å². The average Bonchev–Trinajstić information content (AvgIpc) is 3.00. The van der Waals surface area contributed by atoms with Crippen LogP contribution < -0.4 is 0 Å². The molecule has 1 fully saturated rings. The van der Waals surface area contributed by atoms with Crippen LogP contribution >= 0.6 is 0 Å². The Balaban J connectivity index is 2.52. The Morgan fingerprint density at radius 1 is 1.47 bits per heavy atom. The summed E-state index contributed by atoms with van der Waals surface area (Å²) in [6.45, 7) is 3.77. The highest BCUT2D eigenvalue weighted by Crippen LogP contribution is 2.38. The highest BCUT2D eigenvalue weighted by atomic mass is 16.6. The number of nitro groups is 1. The van der Waals surface area contributed by atoms with Crippen LogP contribution in [0.2, 0.25) is 0 Å². The third kappa shape index (κ3) is 2.21. The van der Waals surface area contributed by atoms with E-state index in [4.69, 9.17) is 0 Å². The Morgan fingerprint density at radius 2 is 2.21 bits per heavy atom. The Hall–Kier alpha value is -1.90. The van der Waals surface area contributed by atoms with E-state index in [2.05, 4.69) is 11.2 Å². The van der Waals surface area contributed by atoms with Gasteiger partial charge in [0.2, 0.25) is 0 Å². The maximum absolute atomic E-state index is 11.2. The Kier molecular flexibility index (Phi) is 3.84. The molecule has 0 amide bonds. The molecule has 102 valence electrons. The summed E-state index contributed by atoms with van der Waals surface area (Å²) in [5, 5.41) is 24.8. The van der Waals surface area contributed by atoms with Gasteiger partial charge in [0.05, 0.1) is 23.0 Å². The van der Waals surface area contributed by atoms with Crippen molar-refractivity contribution in [3.63, 3.8) is 0 Å². The van der Waals surface area contributed by atoms with Gasteiger partial charge in [0.15, 0.2) is 0 Å². The summed E-state index contributed by atoms with van der Waals surface area (Å²) in [7, 11) is 0. The number of nitriles is 1. The zero-order valence-electron chi connectivity index (χ0n) is 11.3. The summed E-state index contributed by atoms with van der Waals surface area (Å²) < 4.78 is 1.76. The normalized spacial score (nSPS) is 22.4. The summed E-state index contributed by atoms with van der Waals surface area (Å²) in [5.41, 5.74) is 1.34. The zero-order valence-corrected chi connectivity index (χ0v) is 11.3. The Morgan fingerprint density at radius 3 is 2.74 bits per heavy atom. The van der Waals surface area contributed by atoms with Crippen LogP contribution in [0.3, 0.4) is 0 Å². The van der Waals surface area contributed by atoms with Gasteiger partial charge in [-0.15, -0.1) is 0 Å². The van der Waals surface area contributed by atoms with Crippen LogP contribution in [0.5, 0.6) is 0 Å². The molecule has 0 aromatic carbocycles. The van der Waals surface area contributed by atoms with Gasteiger partial charge in [0.1, 0.15) is 11.4 Å². The molecule has 1 aliphatic carbocycles. The lowest BCUT2D eigenvalue weighted by molar-refractivity contribution is -0.386. The van der Waals surface area contributed by atoms with Crippen molar-refractivity contribution in [3.05, 3.63) is 21.5 Å². The van der Waals surface area contributed by atoms with Crippen LogP contribution in [0.25, 0.3) is 0 Å². The quantitative estimate of drug-likeness (QED) is 0.616. The molecule has 0 saturated heterocycles. The molecule has 2 unspecified atom stereocenters. The molecule has 2 atom stereocenters. The smallest absolute Gasteiger partial charge is 0.258 e. The molecule has 6 nitrogen and oxygen atoms in total. The third-order valence-electron chi connectivity index (χ3n) is 3.86. The summed E-state index contributed by atoms with van der Waals surface area (Å²) in [4.78, 5) is 10.9. The van der Waals surface area contributed by atoms with E-state index in [1.54, 1.807) is 4.68 Å². The summed E-state index contributed by atoms with van der Waals surface area (Å²) in [6, 6.07) is 2.31. The minimum absolute atomic E-state index is 0.000972. The number of nitrogens with zero attached hydrogens (tertiary/aromatic N) is 4. The van der Waals surface area contributed by atoms with Crippen molar-refractivity contribution in [2.75, 3.05) is 0 Å². The van der Waals surface area contributed by atoms with Gasteiger partial charge in [0, 0.05) is 0 Å². The highest BCUT2D eigenvalue weighted by Gasteiger charge is 2.35. The van der Waals surface area contributed by atoms with Gasteiger partial charge in [-0.05, 0) is 32.1 Å². The summed E-state index contributed by atoms with van der Waals surface area (Å²) in [6.07, 6.45) is 3.84. The third-order valence-corrected chi connectivity index (χ3v) is 3.86. The van der Waals surface area contributed by atoms with E-state index in [-0.39, 0.29) is 22.6 Å². The standard InChI is InChI=1S/C13H18N4O2/c1-3-10-13(17(18)19)11(4-2)16(15-10)12-7-5-6-9(12)8-14/h9,12H,3-7H2,1-2H3. The molecule has 0 aliphatic heterocycles. The average molecular weight is 262 g/mol. The zero-order chi connectivity index (χ0) is 14.0. The number of rotatable bonds is 4. The predicted molar refractivity (Wildman–Crippen MR) is 69.6 cm³/mol. The van der Waals surface area contributed by atoms with Gasteiger partial charge < -0.3 is 0 Å². The molecule has 1 aromatic rings. The first-order chi connectivity index (χ1) is 9.13. The minimum Gasteiger partial charge on any atom is -0.258 e. The van der Waals surface area contributed by atoms with E-state index < -0.39 is 0 Å². The molecule has 0 N–H and O–H groups in total. The van der Waals surface area contributed by atoms with E-state index in [1.807, 2.05) is 13.8 Å². The van der Waals surface area contributed by atoms with E-state index >= 15 is 0 Å². The Labute approximate surface area is 112 Å². The Bertz CT molecular complexity index is 529. The minimum atomic E-state index is -0.336. The van der Waals surface area contributed by atoms with Crippen molar-refractivity contribution in [1.82, 2.24) is 9.78 Å². The van der Waals surface area contributed by atoms with E-state index in [1.165, 1.54) is 0 Å². The van der Waals surface area contributed by atoms with Crippen molar-refractivity contribution in [2.45, 2.75) is 52.0 Å². The molecule has 2 rings (SSSR count). The van der Waals surface area contributed by atoms with Gasteiger partial charge in [-0.1, -0.05) is 13.8 Å². The molecule has 6 heteroatoms. The van der Waals surface area contributed by atoms with Crippen molar-refractivity contribution >= 4 is 5.69 Å². The number of aryl methyl sites for hydroxylation is 1. The van der Waals surface area contributed by atoms with Gasteiger partial charge in [-0.25, -0.2) is 0 Å². The fraction of sp³-hybridized carbons (Fsp3) is 0.692. The van der Waals surface area contributed by atoms with Crippen LogP contribution in [-0.4, -0.2) is 14.7 Å². The second-order valence-electron chi connectivity index (χ2n) is 4.88. The van der Waals surface area contributed by atoms with Crippen LogP contribution in [0, 0.1) is 27.4 Å². The van der Waals surface area contributed by atoms with Gasteiger partial charge >= 0.3 is 5.69 Å². The lowest BCUT2D eigenvalue weighted by Crippen LogP contribution is -2.17. The highest BCUT2D eigenvalue weighted by molar-refractivity contribution is 5.42. The van der Waals surface area contributed by atoms with Crippen LogP contribution in [0.4, 0.5) is 5.69 Å². The summed E-state index contributed by atoms with van der Waals surface area (Å²) >= 11 is 0. The SMILES string of the molecule is CCc1nn(C2CCCC2C#N)c(CC)c1[N+](=O)[O-]. The van der Waals surface area contributed by atoms with Gasteiger partial charge in [-0.3, -0.25) is 14.8 Å². The molecule has 0 bridgehead atoms. The second kappa shape index (κ2) is 5.39. The molecule has 1 aliphatic rings. The van der Waals surface area contributed by atoms with Crippen molar-refractivity contribution < 1.29 is 4.92 Å². The molecule has 1 heterocycles. The van der Waals surface area contributed by atoms with Crippen LogP contribution in [0.15, 0.2) is 0 Å². The second-order valence-corrected chi connectivity index (χ2v) is 4.88. The number of hydrogen-bond donors (Lipinski definition) is 0. The number of hydrogen-bond acceptors (Lipinski definition) is 4. The lowest BCUT2D eigenvalue weighted by atomic mass is 10.1. The first-order valence-corrected chi connectivity index (χ1v) is 6.78. The maximum atomic E-state index is 11.2. The molecular formula is C13H18N4O2. The topological polar surface area (TPSA) is 84.8 Å². The van der Waals surface area contributed by atoms with Gasteiger partial charge in [0.25, 0.3) is 0 Å². The largest absolute Gasteiger partial charge is 0.313 e. The molecule has 1 saturated carbocycles. The predicted octanol–water partition coefficient (Wildman–Crippen LogP) is 2.78. The maximum Gasteiger partial charge on any atom is 0.313 e. The van der Waals surface area contributed by atoms with E-state index in [9.17, 15) is 15.4 Å². The molecular weight excluding hydrogens is 244 g/mol. The molecule has 0 radical (unpaired) electrons. The molecule has 0 spiro atoms. The van der Waals surface area contributed by atoms with Crippen LogP contribution in [0.1, 0.15) is 50.5 Å². The van der Waals surface area contributed by atoms with Crippen molar-refractivity contribution in [3.8, 4) is 6.07 Å². The van der Waals surface area contributed by atoms with Crippen molar-refractivity contribution in [1.29, 1.82) is 5.26 Å². The first-order valence-electron chi connectivity index (χ1n) is 6.78. The lowest BCUT2D eigenvalue weighted by Gasteiger charge is -2.16. The number of aromatic nitrogens is 2. The molecule has 19 heavy (non-hydrogen) atoms. The fourth-order valence-electron chi connectivity index (χ4n) is 2.95. The van der Waals surface area contributed by atoms with E-state index in [0.717, 1.165) is 19.3 Å². The van der Waals surface area contributed by atoms with Crippen molar-refractivity contribution in [2.24, 2.45) is 5.92 Å². The van der Waals surface area contributed by atoms with Crippen LogP contribution in [-0.2, 0) is 12.8 Å². The molecule has 1 aromatic heterocycles. The summed E-state index contributed by atoms with van der Waals surface area (Å²) in [5.74, 6) is -0.0745. The fourth-order valence-corrected chi connectivity index (χ4v) is 2.95. The van der Waals surface area contributed by atoms with Gasteiger partial charge in [-0.2, -0.15) is 10.4 Å². The first kappa shape index (κ1) is 13.5. The monoisotopic (exact) mass is 262 g/mol.